The summed E-state index contributed by atoms with van der Waals surface area (Å²) in [5.41, 5.74) is 1.01. The molecule has 13 heavy (non-hydrogen) atoms. The van der Waals surface area contributed by atoms with Crippen LogP contribution >= 0.6 is 0 Å². The number of carbonyl (C=O) groups is 1. The van der Waals surface area contributed by atoms with Gasteiger partial charge in [0, 0.05) is 0 Å². The minimum absolute atomic E-state index is 0.0748. The van der Waals surface area contributed by atoms with Crippen molar-refractivity contribution in [1.82, 2.24) is 0 Å². The minimum atomic E-state index is -0.660. The number of benzene rings is 1. The number of hydrogen-bond donors (Lipinski definition) is 1. The molecule has 0 amide bonds. The van der Waals surface area contributed by atoms with Gasteiger partial charge in [-0.2, -0.15) is 5.26 Å². The summed E-state index contributed by atoms with van der Waals surface area (Å²) in [6, 6.07) is 9.56. The number of rotatable bonds is 3. The first-order chi connectivity index (χ1) is 6.33. The fraction of sp³-hybridized carbons (Fsp3) is 0.100. The smallest absolute Gasteiger partial charge is 0.301 e. The highest BCUT2D eigenvalue weighted by Crippen LogP contribution is 2.01. The molecule has 3 heteroatoms. The van der Waals surface area contributed by atoms with Gasteiger partial charge >= 0.3 is 5.97 Å². The number of carbonyl (C=O) groups excluding carboxylic acids is 1. The molecule has 0 saturated carbocycles. The van der Waals surface area contributed by atoms with Crippen LogP contribution in [0.25, 0.3) is 6.08 Å². The maximum absolute atomic E-state index is 10.5. The van der Waals surface area contributed by atoms with Gasteiger partial charge < -0.3 is 4.89 Å². The third-order valence-electron chi connectivity index (χ3n) is 1.50. The largest absolute Gasteiger partial charge is 0.345 e. The Morgan fingerprint density at radius 3 is 2.69 bits per heavy atom. The topological polar surface area (TPSA) is 46.5 Å². The Hall–Kier alpha value is -1.61. The predicted octanol–water partition coefficient (Wildman–Crippen LogP) is 2.11. The van der Waals surface area contributed by atoms with Crippen LogP contribution in [-0.4, -0.2) is 11.2 Å². The van der Waals surface area contributed by atoms with Crippen LogP contribution in [0.2, 0.25) is 0 Å². The lowest BCUT2D eigenvalue weighted by Gasteiger charge is -1.91. The van der Waals surface area contributed by atoms with Gasteiger partial charge in [0.25, 0.3) is 0 Å². The zero-order valence-corrected chi connectivity index (χ0v) is 7.01. The molecule has 0 saturated heterocycles. The van der Waals surface area contributed by atoms with Crippen LogP contribution in [0.1, 0.15) is 12.0 Å². The normalized spacial score (nSPS) is 10.2. The van der Waals surface area contributed by atoms with E-state index < -0.39 is 5.97 Å². The molecule has 0 bridgehead atoms. The zero-order valence-electron chi connectivity index (χ0n) is 7.01. The Morgan fingerprint density at radius 1 is 1.38 bits per heavy atom. The summed E-state index contributed by atoms with van der Waals surface area (Å²) in [7, 11) is 0. The van der Waals surface area contributed by atoms with Crippen molar-refractivity contribution in [1.29, 1.82) is 0 Å². The van der Waals surface area contributed by atoms with Crippen LogP contribution in [0.15, 0.2) is 36.4 Å². The van der Waals surface area contributed by atoms with Crippen molar-refractivity contribution >= 4 is 12.0 Å². The quantitative estimate of drug-likeness (QED) is 0.569. The molecule has 1 rings (SSSR count). The van der Waals surface area contributed by atoms with Gasteiger partial charge in [-0.05, 0) is 5.56 Å². The molecule has 0 aliphatic rings. The second-order valence-corrected chi connectivity index (χ2v) is 2.48. The molecular formula is C10H10O3. The van der Waals surface area contributed by atoms with Crippen molar-refractivity contribution < 1.29 is 14.9 Å². The maximum Gasteiger partial charge on any atom is 0.345 e. The second kappa shape index (κ2) is 5.11. The highest BCUT2D eigenvalue weighted by molar-refractivity contribution is 5.71. The summed E-state index contributed by atoms with van der Waals surface area (Å²) in [5, 5.41) is 7.95. The van der Waals surface area contributed by atoms with Crippen LogP contribution in [0.4, 0.5) is 0 Å². The first-order valence-corrected chi connectivity index (χ1v) is 3.89. The zero-order chi connectivity index (χ0) is 9.52. The van der Waals surface area contributed by atoms with Crippen LogP contribution in [-0.2, 0) is 9.68 Å². The molecule has 0 fully saturated rings. The van der Waals surface area contributed by atoms with Crippen molar-refractivity contribution in [2.75, 3.05) is 0 Å². The highest BCUT2D eigenvalue weighted by atomic mass is 17.1. The van der Waals surface area contributed by atoms with Crippen molar-refractivity contribution in [3.63, 3.8) is 0 Å². The van der Waals surface area contributed by atoms with Crippen molar-refractivity contribution in [3.05, 3.63) is 42.0 Å². The third kappa shape index (κ3) is 3.53. The highest BCUT2D eigenvalue weighted by Gasteiger charge is 1.95. The van der Waals surface area contributed by atoms with Gasteiger partial charge in [-0.1, -0.05) is 42.5 Å². The summed E-state index contributed by atoms with van der Waals surface area (Å²) < 4.78 is 0. The molecule has 1 aromatic carbocycles. The Morgan fingerprint density at radius 2 is 2.08 bits per heavy atom. The van der Waals surface area contributed by atoms with Crippen LogP contribution < -0.4 is 0 Å². The summed E-state index contributed by atoms with van der Waals surface area (Å²) >= 11 is 0. The Labute approximate surface area is 76.2 Å². The molecular weight excluding hydrogens is 168 g/mol. The molecule has 0 heterocycles. The van der Waals surface area contributed by atoms with Crippen LogP contribution in [0.5, 0.6) is 0 Å². The fourth-order valence-corrected chi connectivity index (χ4v) is 0.893. The standard InChI is InChI=1S/C10H10O3/c11-10(13-12)8-4-7-9-5-2-1-3-6-9/h1-7,12H,8H2/b7-4+. The average molecular weight is 178 g/mol. The fourth-order valence-electron chi connectivity index (χ4n) is 0.893. The Bertz CT molecular complexity index is 290. The molecule has 0 spiro atoms. The summed E-state index contributed by atoms with van der Waals surface area (Å²) in [6.07, 6.45) is 3.50. The Kier molecular flexibility index (Phi) is 3.73. The van der Waals surface area contributed by atoms with Crippen molar-refractivity contribution in [2.24, 2.45) is 0 Å². The molecule has 1 N–H and O–H groups in total. The first-order valence-electron chi connectivity index (χ1n) is 3.89. The molecule has 0 atom stereocenters. The number of hydrogen-bond acceptors (Lipinski definition) is 3. The molecule has 3 nitrogen and oxygen atoms in total. The van der Waals surface area contributed by atoms with E-state index in [-0.39, 0.29) is 6.42 Å². The summed E-state index contributed by atoms with van der Waals surface area (Å²) in [6.45, 7) is 0. The van der Waals surface area contributed by atoms with Crippen LogP contribution in [0, 0.1) is 0 Å². The van der Waals surface area contributed by atoms with Gasteiger partial charge in [-0.15, -0.1) is 0 Å². The van der Waals surface area contributed by atoms with Gasteiger partial charge in [0.15, 0.2) is 0 Å². The van der Waals surface area contributed by atoms with E-state index in [0.717, 1.165) is 5.56 Å². The first kappa shape index (κ1) is 9.48. The van der Waals surface area contributed by atoms with E-state index in [0.29, 0.717) is 0 Å². The van der Waals surface area contributed by atoms with E-state index in [1.807, 2.05) is 30.3 Å². The lowest BCUT2D eigenvalue weighted by molar-refractivity contribution is -0.233. The Balaban J connectivity index is 2.45. The summed E-state index contributed by atoms with van der Waals surface area (Å²) in [5.74, 6) is -0.660. The minimum Gasteiger partial charge on any atom is -0.301 e. The molecule has 1 aromatic rings. The van der Waals surface area contributed by atoms with Gasteiger partial charge in [-0.25, -0.2) is 4.79 Å². The lowest BCUT2D eigenvalue weighted by Crippen LogP contribution is -1.97. The molecule has 0 aliphatic carbocycles. The van der Waals surface area contributed by atoms with E-state index in [1.54, 1.807) is 12.2 Å². The average Bonchev–Trinajstić information content (AvgIpc) is 2.19. The third-order valence-corrected chi connectivity index (χ3v) is 1.50. The lowest BCUT2D eigenvalue weighted by atomic mass is 10.2. The predicted molar refractivity (Wildman–Crippen MR) is 48.8 cm³/mol. The van der Waals surface area contributed by atoms with E-state index >= 15 is 0 Å². The monoisotopic (exact) mass is 178 g/mol. The molecule has 0 radical (unpaired) electrons. The van der Waals surface area contributed by atoms with Gasteiger partial charge in [-0.3, -0.25) is 0 Å². The molecule has 68 valence electrons. The van der Waals surface area contributed by atoms with Crippen molar-refractivity contribution in [3.8, 4) is 0 Å². The molecule has 0 aromatic heterocycles. The van der Waals surface area contributed by atoms with Gasteiger partial charge in [0.1, 0.15) is 0 Å². The maximum atomic E-state index is 10.5. The van der Waals surface area contributed by atoms with Gasteiger partial charge in [0.05, 0.1) is 6.42 Å². The second-order valence-electron chi connectivity index (χ2n) is 2.48. The van der Waals surface area contributed by atoms with E-state index in [9.17, 15) is 4.79 Å². The summed E-state index contributed by atoms with van der Waals surface area (Å²) in [4.78, 5) is 14.0. The van der Waals surface area contributed by atoms with E-state index in [4.69, 9.17) is 5.26 Å². The SMILES string of the molecule is O=C(C/C=C/c1ccccc1)OO. The van der Waals surface area contributed by atoms with Gasteiger partial charge in [0.2, 0.25) is 0 Å². The molecule has 0 unspecified atom stereocenters. The van der Waals surface area contributed by atoms with Crippen molar-refractivity contribution in [2.45, 2.75) is 6.42 Å². The van der Waals surface area contributed by atoms with E-state index in [1.165, 1.54) is 0 Å². The van der Waals surface area contributed by atoms with Crippen LogP contribution in [0.3, 0.4) is 0 Å². The van der Waals surface area contributed by atoms with E-state index in [2.05, 4.69) is 4.89 Å². The molecule has 0 aliphatic heterocycles.